The van der Waals surface area contributed by atoms with Gasteiger partial charge in [0.2, 0.25) is 5.91 Å². The largest absolute Gasteiger partial charge is 0.480 e. The number of thiophene rings is 1. The highest BCUT2D eigenvalue weighted by atomic mass is 32.2. The van der Waals surface area contributed by atoms with Crippen LogP contribution in [-0.2, 0) is 20.6 Å². The summed E-state index contributed by atoms with van der Waals surface area (Å²) in [5.41, 5.74) is -0.715. The van der Waals surface area contributed by atoms with E-state index in [-0.39, 0.29) is 41.2 Å². The van der Waals surface area contributed by atoms with E-state index in [9.17, 15) is 31.9 Å². The van der Waals surface area contributed by atoms with Gasteiger partial charge in [-0.3, -0.25) is 19.3 Å². The van der Waals surface area contributed by atoms with Crippen LogP contribution in [0.2, 0.25) is 0 Å². The molecule has 2 aliphatic rings. The molecule has 4 rings (SSSR count). The molecule has 3 heterocycles. The van der Waals surface area contributed by atoms with E-state index < -0.39 is 35.5 Å². The van der Waals surface area contributed by atoms with E-state index in [4.69, 9.17) is 17.3 Å². The first-order valence-electron chi connectivity index (χ1n) is 11.4. The maximum atomic E-state index is 13.6. The predicted octanol–water partition coefficient (Wildman–Crippen LogP) is 4.49. The van der Waals surface area contributed by atoms with Crippen molar-refractivity contribution in [1.82, 2.24) is 15.5 Å². The van der Waals surface area contributed by atoms with Crippen molar-refractivity contribution >= 4 is 63.5 Å². The number of rotatable bonds is 7. The molecule has 14 heteroatoms. The van der Waals surface area contributed by atoms with Gasteiger partial charge in [-0.2, -0.15) is 13.2 Å². The van der Waals surface area contributed by atoms with Crippen LogP contribution in [0.25, 0.3) is 17.2 Å². The molecule has 0 spiro atoms. The Morgan fingerprint density at radius 1 is 1.26 bits per heavy atom. The van der Waals surface area contributed by atoms with Crippen molar-refractivity contribution in [3.63, 3.8) is 0 Å². The first kappa shape index (κ1) is 28.2. The van der Waals surface area contributed by atoms with E-state index in [1.54, 1.807) is 17.5 Å². The normalized spacial score (nSPS) is 21.3. The fraction of sp³-hybridized carbons (Fsp3) is 0.333. The number of alkyl halides is 3. The molecule has 2 aromatic rings. The predicted molar refractivity (Wildman–Crippen MR) is 140 cm³/mol. The second kappa shape index (κ2) is 11.5. The quantitative estimate of drug-likeness (QED) is 0.250. The number of hydrogen-bond acceptors (Lipinski definition) is 7. The molecule has 0 radical (unpaired) electrons. The summed E-state index contributed by atoms with van der Waals surface area (Å²) in [6.07, 6.45) is -2.40. The smallest absolute Gasteiger partial charge is 0.419 e. The number of carboxylic acid groups (broad SMARTS) is 1. The maximum absolute atomic E-state index is 13.6. The lowest BCUT2D eigenvalue weighted by atomic mass is 9.99. The number of amides is 2. The van der Waals surface area contributed by atoms with Gasteiger partial charge in [0.1, 0.15) is 16.2 Å². The Morgan fingerprint density at radius 2 is 2.03 bits per heavy atom. The number of piperidine rings is 1. The summed E-state index contributed by atoms with van der Waals surface area (Å²) in [5.74, 6) is -3.04. The first-order valence-corrected chi connectivity index (χ1v) is 13.5. The number of carbonyl (C=O) groups excluding carboxylic acids is 2. The van der Waals surface area contributed by atoms with Gasteiger partial charge in [-0.05, 0) is 60.2 Å². The van der Waals surface area contributed by atoms with Crippen LogP contribution in [0.4, 0.5) is 17.6 Å². The van der Waals surface area contributed by atoms with Gasteiger partial charge in [0.05, 0.1) is 10.5 Å². The van der Waals surface area contributed by atoms with E-state index in [0.717, 1.165) is 23.9 Å². The molecule has 0 bridgehead atoms. The van der Waals surface area contributed by atoms with E-state index >= 15 is 0 Å². The number of halogens is 4. The van der Waals surface area contributed by atoms with Gasteiger partial charge in [-0.1, -0.05) is 30.0 Å². The zero-order valence-corrected chi connectivity index (χ0v) is 22.0. The SMILES string of the molecule is O=C(CCN1C(=O)/C(=C/c2cc(-c3ccc(F)c(C(F)(F)F)c3)cs2)SC1=S)N[C@H]1CCN[C@H](C(=O)O)C1. The number of nitrogens with zero attached hydrogens (tertiary/aromatic N) is 1. The summed E-state index contributed by atoms with van der Waals surface area (Å²) in [6, 6.07) is 3.37. The summed E-state index contributed by atoms with van der Waals surface area (Å²) < 4.78 is 53.1. The molecule has 2 saturated heterocycles. The van der Waals surface area contributed by atoms with Crippen molar-refractivity contribution in [2.24, 2.45) is 0 Å². The zero-order valence-electron chi connectivity index (χ0n) is 19.5. The number of aliphatic carboxylic acids is 1. The molecular weight excluding hydrogens is 566 g/mol. The standard InChI is InChI=1S/C24H21F4N3O4S3/c25-17-2-1-12(8-16(17)24(26,27)28)13-7-15(37-11-13)10-19-21(33)31(23(36)38-19)6-4-20(32)30-14-3-5-29-18(9-14)22(34)35/h1-2,7-8,10-11,14,18,29H,3-6,9H2,(H,30,32)(H,34,35)/b19-10-/t14-,18-/m0/s1. The number of thiocarbonyl (C=S) groups is 1. The summed E-state index contributed by atoms with van der Waals surface area (Å²) >= 11 is 7.55. The second-order valence-corrected chi connectivity index (χ2v) is 11.3. The summed E-state index contributed by atoms with van der Waals surface area (Å²) in [5, 5.41) is 16.4. The molecule has 3 N–H and O–H groups in total. The Bertz CT molecular complexity index is 1310. The lowest BCUT2D eigenvalue weighted by molar-refractivity contribution is -0.141. The zero-order chi connectivity index (χ0) is 27.6. The first-order chi connectivity index (χ1) is 17.9. The third kappa shape index (κ3) is 6.60. The average Bonchev–Trinajstić information content (AvgIpc) is 3.41. The Morgan fingerprint density at radius 3 is 2.74 bits per heavy atom. The molecule has 2 fully saturated rings. The summed E-state index contributed by atoms with van der Waals surface area (Å²) in [4.78, 5) is 38.7. The van der Waals surface area contributed by atoms with Crippen LogP contribution >= 0.6 is 35.3 Å². The Hall–Kier alpha value is -2.81. The molecule has 202 valence electrons. The monoisotopic (exact) mass is 587 g/mol. The van der Waals surface area contributed by atoms with Crippen molar-refractivity contribution < 1.29 is 37.1 Å². The minimum Gasteiger partial charge on any atom is -0.480 e. The minimum absolute atomic E-state index is 0.0172. The molecule has 0 unspecified atom stereocenters. The minimum atomic E-state index is -4.82. The molecule has 7 nitrogen and oxygen atoms in total. The number of benzene rings is 1. The van der Waals surface area contributed by atoms with Gasteiger partial charge in [0.25, 0.3) is 5.91 Å². The van der Waals surface area contributed by atoms with Crippen molar-refractivity contribution in [3.8, 4) is 11.1 Å². The lowest BCUT2D eigenvalue weighted by Crippen LogP contribution is -2.51. The van der Waals surface area contributed by atoms with Gasteiger partial charge >= 0.3 is 12.1 Å². The summed E-state index contributed by atoms with van der Waals surface area (Å²) in [7, 11) is 0. The molecule has 2 amide bonds. The van der Waals surface area contributed by atoms with Crippen LogP contribution in [0.5, 0.6) is 0 Å². The fourth-order valence-corrected chi connectivity index (χ4v) is 6.30. The third-order valence-electron chi connectivity index (χ3n) is 6.00. The Balaban J connectivity index is 1.37. The lowest BCUT2D eigenvalue weighted by Gasteiger charge is -2.28. The van der Waals surface area contributed by atoms with Gasteiger partial charge in [-0.15, -0.1) is 11.3 Å². The third-order valence-corrected chi connectivity index (χ3v) is 8.26. The van der Waals surface area contributed by atoms with Crippen LogP contribution in [0.3, 0.4) is 0 Å². The molecule has 0 saturated carbocycles. The highest BCUT2D eigenvalue weighted by molar-refractivity contribution is 8.26. The molecular formula is C24H21F4N3O4S3. The van der Waals surface area contributed by atoms with Crippen molar-refractivity contribution in [2.75, 3.05) is 13.1 Å². The van der Waals surface area contributed by atoms with Gasteiger partial charge in [0, 0.05) is 23.9 Å². The van der Waals surface area contributed by atoms with Gasteiger partial charge in [0.15, 0.2) is 0 Å². The number of carboxylic acids is 1. The van der Waals surface area contributed by atoms with Crippen molar-refractivity contribution in [2.45, 2.75) is 37.5 Å². The second-order valence-electron chi connectivity index (χ2n) is 8.65. The molecule has 38 heavy (non-hydrogen) atoms. The van der Waals surface area contributed by atoms with Crippen LogP contribution in [0.15, 0.2) is 34.6 Å². The van der Waals surface area contributed by atoms with Crippen molar-refractivity contribution in [3.05, 3.63) is 50.8 Å². The van der Waals surface area contributed by atoms with E-state index in [1.807, 2.05) is 0 Å². The molecule has 2 aliphatic heterocycles. The van der Waals surface area contributed by atoms with Gasteiger partial charge < -0.3 is 15.7 Å². The van der Waals surface area contributed by atoms with E-state index in [0.29, 0.717) is 28.3 Å². The highest BCUT2D eigenvalue weighted by Gasteiger charge is 2.35. The fourth-order valence-electron chi connectivity index (χ4n) is 4.07. The van der Waals surface area contributed by atoms with Crippen LogP contribution in [0, 0.1) is 5.82 Å². The average molecular weight is 588 g/mol. The molecule has 1 aromatic carbocycles. The highest BCUT2D eigenvalue weighted by Crippen LogP contribution is 2.37. The maximum Gasteiger partial charge on any atom is 0.419 e. The van der Waals surface area contributed by atoms with E-state index in [1.165, 1.54) is 22.3 Å². The number of thioether (sulfide) groups is 1. The summed E-state index contributed by atoms with van der Waals surface area (Å²) in [6.45, 7) is 0.517. The molecule has 1 aromatic heterocycles. The molecule has 0 aliphatic carbocycles. The van der Waals surface area contributed by atoms with E-state index in [2.05, 4.69) is 10.6 Å². The molecule has 2 atom stereocenters. The van der Waals surface area contributed by atoms with Crippen LogP contribution < -0.4 is 10.6 Å². The number of nitrogens with one attached hydrogen (secondary N) is 2. The topological polar surface area (TPSA) is 98.7 Å². The van der Waals surface area contributed by atoms with Crippen LogP contribution in [-0.4, -0.2) is 57.3 Å². The van der Waals surface area contributed by atoms with Crippen LogP contribution in [0.1, 0.15) is 29.7 Å². The number of hydrogen-bond donors (Lipinski definition) is 3. The van der Waals surface area contributed by atoms with Gasteiger partial charge in [-0.25, -0.2) is 4.39 Å². The Labute approximate surface area is 228 Å². The van der Waals surface area contributed by atoms with Crippen molar-refractivity contribution in [1.29, 1.82) is 0 Å². The Kier molecular flexibility index (Phi) is 8.55. The number of carbonyl (C=O) groups is 3.